The second-order valence-electron chi connectivity index (χ2n) is 4.77. The van der Waals surface area contributed by atoms with Crippen LogP contribution in [-0.4, -0.2) is 22.2 Å². The van der Waals surface area contributed by atoms with Gasteiger partial charge in [0.2, 0.25) is 0 Å². The molecule has 0 unspecified atom stereocenters. The average molecular weight is 224 g/mol. The first-order valence-electron chi connectivity index (χ1n) is 5.43. The molecule has 0 aliphatic carbocycles. The van der Waals surface area contributed by atoms with Crippen molar-refractivity contribution in [1.29, 1.82) is 0 Å². The third-order valence-electron chi connectivity index (χ3n) is 2.87. The molecule has 5 nitrogen and oxygen atoms in total. The summed E-state index contributed by atoms with van der Waals surface area (Å²) in [5.74, 6) is -0.168. The molecule has 90 valence electrons. The third-order valence-corrected chi connectivity index (χ3v) is 2.87. The van der Waals surface area contributed by atoms with Crippen LogP contribution in [0.2, 0.25) is 0 Å². The summed E-state index contributed by atoms with van der Waals surface area (Å²) < 4.78 is 1.49. The van der Waals surface area contributed by atoms with Gasteiger partial charge < -0.3 is 11.1 Å². The number of carbonyl (C=O) groups excluding carboxylic acids is 1. The number of hydrogen-bond acceptors (Lipinski definition) is 3. The summed E-state index contributed by atoms with van der Waals surface area (Å²) in [5, 5.41) is 6.81. The van der Waals surface area contributed by atoms with E-state index in [4.69, 9.17) is 5.73 Å². The van der Waals surface area contributed by atoms with E-state index in [9.17, 15) is 4.79 Å². The van der Waals surface area contributed by atoms with Crippen molar-refractivity contribution in [3.8, 4) is 0 Å². The highest BCUT2D eigenvalue weighted by molar-refractivity contribution is 5.97. The first kappa shape index (κ1) is 12.5. The fourth-order valence-corrected chi connectivity index (χ4v) is 1.26. The largest absolute Gasteiger partial charge is 0.396 e. The number of aryl methyl sites for hydroxylation is 1. The fraction of sp³-hybridized carbons (Fsp3) is 0.636. The number of hydrogen-bond donors (Lipinski definition) is 2. The molecule has 1 heterocycles. The van der Waals surface area contributed by atoms with Gasteiger partial charge in [-0.1, -0.05) is 20.8 Å². The molecule has 0 fully saturated rings. The van der Waals surface area contributed by atoms with Gasteiger partial charge >= 0.3 is 0 Å². The van der Waals surface area contributed by atoms with Crippen molar-refractivity contribution in [2.75, 3.05) is 12.3 Å². The Morgan fingerprint density at radius 3 is 2.69 bits per heavy atom. The highest BCUT2D eigenvalue weighted by Gasteiger charge is 2.19. The molecular weight excluding hydrogens is 204 g/mol. The number of rotatable bonds is 4. The van der Waals surface area contributed by atoms with Gasteiger partial charge in [0, 0.05) is 13.6 Å². The number of amides is 1. The van der Waals surface area contributed by atoms with Gasteiger partial charge in [0.05, 0.1) is 11.9 Å². The lowest BCUT2D eigenvalue weighted by Gasteiger charge is -2.22. The Kier molecular flexibility index (Phi) is 3.57. The van der Waals surface area contributed by atoms with Crippen molar-refractivity contribution in [3.63, 3.8) is 0 Å². The average Bonchev–Trinajstić information content (AvgIpc) is 2.55. The molecule has 0 aromatic carbocycles. The molecular formula is C11H20N4O. The molecule has 16 heavy (non-hydrogen) atoms. The number of nitrogen functional groups attached to an aromatic ring is 1. The third kappa shape index (κ3) is 2.74. The monoisotopic (exact) mass is 224 g/mol. The lowest BCUT2D eigenvalue weighted by molar-refractivity contribution is 0.0927. The number of nitrogens with one attached hydrogen (secondary N) is 1. The summed E-state index contributed by atoms with van der Waals surface area (Å²) in [4.78, 5) is 11.9. The summed E-state index contributed by atoms with van der Waals surface area (Å²) in [6.45, 7) is 6.96. The minimum Gasteiger partial charge on any atom is -0.396 e. The SMILES string of the molecule is CCC(C)(C)CNC(=O)c1c(N)cnn1C. The van der Waals surface area contributed by atoms with Crippen LogP contribution in [0.25, 0.3) is 0 Å². The molecule has 5 heteroatoms. The molecule has 0 aliphatic heterocycles. The van der Waals surface area contributed by atoms with E-state index in [0.717, 1.165) is 6.42 Å². The highest BCUT2D eigenvalue weighted by atomic mass is 16.2. The molecule has 3 N–H and O–H groups in total. The maximum absolute atomic E-state index is 11.9. The molecule has 0 aliphatic rings. The molecule has 0 bridgehead atoms. The summed E-state index contributed by atoms with van der Waals surface area (Å²) in [5.41, 5.74) is 6.60. The van der Waals surface area contributed by atoms with Crippen molar-refractivity contribution in [2.45, 2.75) is 27.2 Å². The maximum Gasteiger partial charge on any atom is 0.271 e. The van der Waals surface area contributed by atoms with E-state index in [1.807, 2.05) is 0 Å². The minimum absolute atomic E-state index is 0.100. The molecule has 1 amide bonds. The van der Waals surface area contributed by atoms with Crippen LogP contribution in [-0.2, 0) is 7.05 Å². The van der Waals surface area contributed by atoms with Crippen LogP contribution < -0.4 is 11.1 Å². The van der Waals surface area contributed by atoms with Gasteiger partial charge in [-0.2, -0.15) is 5.10 Å². The van der Waals surface area contributed by atoms with Crippen LogP contribution in [0.1, 0.15) is 37.7 Å². The van der Waals surface area contributed by atoms with Crippen LogP contribution in [0.15, 0.2) is 6.20 Å². The molecule has 0 radical (unpaired) electrons. The molecule has 1 aromatic rings. The minimum atomic E-state index is -0.168. The zero-order valence-electron chi connectivity index (χ0n) is 10.4. The zero-order chi connectivity index (χ0) is 12.3. The predicted molar refractivity (Wildman–Crippen MR) is 64.0 cm³/mol. The van der Waals surface area contributed by atoms with Crippen LogP contribution in [0.5, 0.6) is 0 Å². The number of anilines is 1. The van der Waals surface area contributed by atoms with Crippen LogP contribution in [0.4, 0.5) is 5.69 Å². The van der Waals surface area contributed by atoms with Gasteiger partial charge in [0.1, 0.15) is 5.69 Å². The topological polar surface area (TPSA) is 72.9 Å². The number of nitrogens with two attached hydrogens (primary N) is 1. The Bertz CT molecular complexity index is 362. The normalized spacial score (nSPS) is 11.5. The van der Waals surface area contributed by atoms with Gasteiger partial charge in [0.25, 0.3) is 5.91 Å². The van der Waals surface area contributed by atoms with Crippen LogP contribution >= 0.6 is 0 Å². The summed E-state index contributed by atoms with van der Waals surface area (Å²) in [6, 6.07) is 0. The van der Waals surface area contributed by atoms with E-state index in [1.165, 1.54) is 10.9 Å². The van der Waals surface area contributed by atoms with Crippen molar-refractivity contribution in [1.82, 2.24) is 15.1 Å². The van der Waals surface area contributed by atoms with E-state index in [1.54, 1.807) is 7.05 Å². The van der Waals surface area contributed by atoms with Crippen molar-refractivity contribution in [3.05, 3.63) is 11.9 Å². The van der Waals surface area contributed by atoms with Gasteiger partial charge in [-0.3, -0.25) is 9.48 Å². The van der Waals surface area contributed by atoms with Gasteiger partial charge in [0.15, 0.2) is 0 Å². The van der Waals surface area contributed by atoms with Crippen LogP contribution in [0.3, 0.4) is 0 Å². The number of nitrogens with zero attached hydrogens (tertiary/aromatic N) is 2. The molecule has 0 saturated carbocycles. The van der Waals surface area contributed by atoms with Crippen molar-refractivity contribution >= 4 is 11.6 Å². The van der Waals surface area contributed by atoms with Gasteiger partial charge in [-0.15, -0.1) is 0 Å². The lowest BCUT2D eigenvalue weighted by atomic mass is 9.90. The Hall–Kier alpha value is -1.52. The first-order valence-corrected chi connectivity index (χ1v) is 5.43. The second kappa shape index (κ2) is 4.55. The first-order chi connectivity index (χ1) is 7.37. The van der Waals surface area contributed by atoms with E-state index in [0.29, 0.717) is 17.9 Å². The predicted octanol–water partition coefficient (Wildman–Crippen LogP) is 1.17. The lowest BCUT2D eigenvalue weighted by Crippen LogP contribution is -2.34. The Morgan fingerprint density at radius 2 is 2.25 bits per heavy atom. The Morgan fingerprint density at radius 1 is 1.62 bits per heavy atom. The quantitative estimate of drug-likeness (QED) is 0.806. The standard InChI is InChI=1S/C11H20N4O/c1-5-11(2,3)7-13-10(16)9-8(12)6-14-15(9)4/h6H,5,7,12H2,1-4H3,(H,13,16). The fourth-order valence-electron chi connectivity index (χ4n) is 1.26. The molecule has 0 saturated heterocycles. The number of carbonyl (C=O) groups is 1. The molecule has 0 spiro atoms. The van der Waals surface area contributed by atoms with Crippen molar-refractivity contribution < 1.29 is 4.79 Å². The highest BCUT2D eigenvalue weighted by Crippen LogP contribution is 2.18. The van der Waals surface area contributed by atoms with Gasteiger partial charge in [-0.05, 0) is 11.8 Å². The maximum atomic E-state index is 11.9. The Balaban J connectivity index is 2.67. The van der Waals surface area contributed by atoms with Crippen LogP contribution in [0, 0.1) is 5.41 Å². The van der Waals surface area contributed by atoms with Gasteiger partial charge in [-0.25, -0.2) is 0 Å². The summed E-state index contributed by atoms with van der Waals surface area (Å²) in [7, 11) is 1.70. The molecule has 1 rings (SSSR count). The summed E-state index contributed by atoms with van der Waals surface area (Å²) >= 11 is 0. The van der Waals surface area contributed by atoms with E-state index in [-0.39, 0.29) is 11.3 Å². The second-order valence-corrected chi connectivity index (χ2v) is 4.77. The van der Waals surface area contributed by atoms with E-state index in [2.05, 4.69) is 31.2 Å². The molecule has 0 atom stereocenters. The zero-order valence-corrected chi connectivity index (χ0v) is 10.4. The van der Waals surface area contributed by atoms with E-state index < -0.39 is 0 Å². The number of aromatic nitrogens is 2. The molecule has 1 aromatic heterocycles. The van der Waals surface area contributed by atoms with Crippen molar-refractivity contribution in [2.24, 2.45) is 12.5 Å². The summed E-state index contributed by atoms with van der Waals surface area (Å²) in [6.07, 6.45) is 2.49. The Labute approximate surface area is 96.0 Å². The van der Waals surface area contributed by atoms with E-state index >= 15 is 0 Å². The smallest absolute Gasteiger partial charge is 0.271 e.